The highest BCUT2D eigenvalue weighted by molar-refractivity contribution is 5.23. The number of hydrogen-bond acceptors (Lipinski definition) is 5. The molecule has 0 saturated heterocycles. The molecule has 0 aliphatic heterocycles. The highest BCUT2D eigenvalue weighted by atomic mass is 16.5. The molecule has 2 heterocycles. The van der Waals surface area contributed by atoms with Crippen molar-refractivity contribution in [2.24, 2.45) is 0 Å². The molecule has 0 amide bonds. The molecule has 2 aromatic heterocycles. The maximum absolute atomic E-state index is 10.5. The van der Waals surface area contributed by atoms with Crippen molar-refractivity contribution in [3.63, 3.8) is 0 Å². The van der Waals surface area contributed by atoms with Gasteiger partial charge in [-0.05, 0) is 12.0 Å². The molecular weight excluding hydrogens is 280 g/mol. The summed E-state index contributed by atoms with van der Waals surface area (Å²) >= 11 is 0. The molecule has 1 unspecified atom stereocenters. The topological polar surface area (TPSA) is 77.0 Å². The van der Waals surface area contributed by atoms with Crippen LogP contribution in [0.15, 0.2) is 47.2 Å². The third-order valence-electron chi connectivity index (χ3n) is 3.39. The zero-order valence-electron chi connectivity index (χ0n) is 12.4. The Bertz CT molecular complexity index is 721. The van der Waals surface area contributed by atoms with E-state index in [-0.39, 0.29) is 0 Å². The molecule has 0 aliphatic carbocycles. The van der Waals surface area contributed by atoms with Gasteiger partial charge in [0, 0.05) is 18.8 Å². The van der Waals surface area contributed by atoms with E-state index in [0.717, 1.165) is 18.4 Å². The summed E-state index contributed by atoms with van der Waals surface area (Å²) in [6.45, 7) is 2.49. The van der Waals surface area contributed by atoms with Gasteiger partial charge in [0.1, 0.15) is 11.9 Å². The first-order valence-corrected chi connectivity index (χ1v) is 7.33. The minimum absolute atomic E-state index is 0.423. The first-order valence-electron chi connectivity index (χ1n) is 7.33. The summed E-state index contributed by atoms with van der Waals surface area (Å²) in [6.07, 6.45) is 4.42. The van der Waals surface area contributed by atoms with Crippen LogP contribution < -0.4 is 0 Å². The van der Waals surface area contributed by atoms with Gasteiger partial charge in [-0.15, -0.1) is 0 Å². The molecule has 114 valence electrons. The van der Waals surface area contributed by atoms with Crippen LogP contribution in [0.5, 0.6) is 0 Å². The number of rotatable bonds is 6. The van der Waals surface area contributed by atoms with Crippen LogP contribution in [0.4, 0.5) is 0 Å². The summed E-state index contributed by atoms with van der Waals surface area (Å²) in [6, 6.07) is 9.44. The Labute approximate surface area is 128 Å². The van der Waals surface area contributed by atoms with Crippen LogP contribution in [0.3, 0.4) is 0 Å². The van der Waals surface area contributed by atoms with Crippen LogP contribution in [0.1, 0.15) is 42.6 Å². The molecule has 1 aromatic carbocycles. The van der Waals surface area contributed by atoms with Gasteiger partial charge in [0.25, 0.3) is 0 Å². The van der Waals surface area contributed by atoms with E-state index in [1.165, 1.54) is 0 Å². The van der Waals surface area contributed by atoms with Crippen LogP contribution in [-0.4, -0.2) is 24.8 Å². The van der Waals surface area contributed by atoms with Gasteiger partial charge in [0.15, 0.2) is 5.82 Å². The van der Waals surface area contributed by atoms with Crippen LogP contribution >= 0.6 is 0 Å². The van der Waals surface area contributed by atoms with Gasteiger partial charge < -0.3 is 14.2 Å². The summed E-state index contributed by atoms with van der Waals surface area (Å²) in [5, 5.41) is 14.4. The second kappa shape index (κ2) is 6.53. The van der Waals surface area contributed by atoms with E-state index in [1.54, 1.807) is 12.4 Å². The zero-order chi connectivity index (χ0) is 15.4. The monoisotopic (exact) mass is 298 g/mol. The van der Waals surface area contributed by atoms with Crippen LogP contribution in [0.25, 0.3) is 0 Å². The Morgan fingerprint density at radius 2 is 2.09 bits per heavy atom. The van der Waals surface area contributed by atoms with E-state index in [9.17, 15) is 5.11 Å². The van der Waals surface area contributed by atoms with E-state index in [0.29, 0.717) is 24.1 Å². The van der Waals surface area contributed by atoms with Crippen molar-refractivity contribution in [3.8, 4) is 0 Å². The second-order valence-electron chi connectivity index (χ2n) is 5.08. The lowest BCUT2D eigenvalue weighted by atomic mass is 10.1. The Kier molecular flexibility index (Phi) is 4.29. The third-order valence-corrected chi connectivity index (χ3v) is 3.39. The second-order valence-corrected chi connectivity index (χ2v) is 5.08. The standard InChI is InChI=1S/C16H18N4O2/c1-2-6-14-18-13(19-22-14)11-20-10-9-17-16(20)15(21)12-7-4-3-5-8-12/h3-5,7-10,15,21H,2,6,11H2,1H3. The lowest BCUT2D eigenvalue weighted by Gasteiger charge is -2.12. The Hall–Kier alpha value is -2.47. The largest absolute Gasteiger partial charge is 0.380 e. The highest BCUT2D eigenvalue weighted by Crippen LogP contribution is 2.20. The predicted octanol–water partition coefficient (Wildman–Crippen LogP) is 2.35. The van der Waals surface area contributed by atoms with Gasteiger partial charge in [-0.1, -0.05) is 42.4 Å². The fraction of sp³-hybridized carbons (Fsp3) is 0.312. The van der Waals surface area contributed by atoms with Gasteiger partial charge in [-0.25, -0.2) is 4.98 Å². The van der Waals surface area contributed by atoms with Crippen molar-refractivity contribution in [3.05, 3.63) is 65.8 Å². The average Bonchev–Trinajstić information content (AvgIpc) is 3.18. The van der Waals surface area contributed by atoms with Crippen LogP contribution in [0.2, 0.25) is 0 Å². The van der Waals surface area contributed by atoms with Crippen molar-refractivity contribution in [2.45, 2.75) is 32.4 Å². The van der Waals surface area contributed by atoms with E-state index in [1.807, 2.05) is 34.9 Å². The third kappa shape index (κ3) is 3.07. The van der Waals surface area contributed by atoms with Gasteiger partial charge in [-0.2, -0.15) is 4.98 Å². The first kappa shape index (κ1) is 14.5. The maximum atomic E-state index is 10.5. The number of benzene rings is 1. The lowest BCUT2D eigenvalue weighted by molar-refractivity contribution is 0.205. The number of aliphatic hydroxyl groups is 1. The summed E-state index contributed by atoms with van der Waals surface area (Å²) in [7, 11) is 0. The minimum atomic E-state index is -0.779. The number of aliphatic hydroxyl groups excluding tert-OH is 1. The summed E-state index contributed by atoms with van der Waals surface area (Å²) < 4.78 is 7.01. The van der Waals surface area contributed by atoms with Gasteiger partial charge in [0.2, 0.25) is 5.89 Å². The highest BCUT2D eigenvalue weighted by Gasteiger charge is 2.17. The molecule has 22 heavy (non-hydrogen) atoms. The van der Waals surface area contributed by atoms with E-state index in [2.05, 4.69) is 22.0 Å². The fourth-order valence-electron chi connectivity index (χ4n) is 2.31. The van der Waals surface area contributed by atoms with Gasteiger partial charge >= 0.3 is 0 Å². The van der Waals surface area contributed by atoms with Gasteiger partial charge in [-0.3, -0.25) is 0 Å². The molecule has 0 bridgehead atoms. The van der Waals surface area contributed by atoms with E-state index in [4.69, 9.17) is 4.52 Å². The number of hydrogen-bond donors (Lipinski definition) is 1. The molecule has 3 aromatic rings. The smallest absolute Gasteiger partial charge is 0.226 e. The number of imidazole rings is 1. The SMILES string of the molecule is CCCc1nc(Cn2ccnc2C(O)c2ccccc2)no1. The molecule has 3 rings (SSSR count). The molecule has 6 nitrogen and oxygen atoms in total. The molecule has 0 aliphatic rings. The molecule has 6 heteroatoms. The van der Waals surface area contributed by atoms with Crippen LogP contribution in [0, 0.1) is 0 Å². The number of nitrogens with zero attached hydrogens (tertiary/aromatic N) is 4. The van der Waals surface area contributed by atoms with Crippen molar-refractivity contribution >= 4 is 0 Å². The quantitative estimate of drug-likeness (QED) is 0.756. The van der Waals surface area contributed by atoms with Crippen molar-refractivity contribution in [1.82, 2.24) is 19.7 Å². The Morgan fingerprint density at radius 1 is 1.27 bits per heavy atom. The molecule has 0 saturated carbocycles. The Balaban J connectivity index is 1.79. The number of aromatic nitrogens is 4. The summed E-state index contributed by atoms with van der Waals surface area (Å²) in [5.74, 6) is 1.79. The van der Waals surface area contributed by atoms with E-state index < -0.39 is 6.10 Å². The predicted molar refractivity (Wildman–Crippen MR) is 80.1 cm³/mol. The normalized spacial score (nSPS) is 12.5. The van der Waals surface area contributed by atoms with Crippen LogP contribution in [-0.2, 0) is 13.0 Å². The Morgan fingerprint density at radius 3 is 2.86 bits per heavy atom. The molecule has 1 atom stereocenters. The molecular formula is C16H18N4O2. The summed E-state index contributed by atoms with van der Waals surface area (Å²) in [4.78, 5) is 8.60. The lowest BCUT2D eigenvalue weighted by Crippen LogP contribution is -2.11. The average molecular weight is 298 g/mol. The van der Waals surface area contributed by atoms with Crippen molar-refractivity contribution in [2.75, 3.05) is 0 Å². The molecule has 1 N–H and O–H groups in total. The van der Waals surface area contributed by atoms with E-state index >= 15 is 0 Å². The van der Waals surface area contributed by atoms with Crippen molar-refractivity contribution in [1.29, 1.82) is 0 Å². The zero-order valence-corrected chi connectivity index (χ0v) is 12.4. The number of aryl methyl sites for hydroxylation is 1. The minimum Gasteiger partial charge on any atom is -0.380 e. The summed E-state index contributed by atoms with van der Waals surface area (Å²) in [5.41, 5.74) is 0.801. The molecule has 0 spiro atoms. The maximum Gasteiger partial charge on any atom is 0.226 e. The fourth-order valence-corrected chi connectivity index (χ4v) is 2.31. The van der Waals surface area contributed by atoms with Gasteiger partial charge in [0.05, 0.1) is 6.54 Å². The first-order chi connectivity index (χ1) is 10.8. The molecule has 0 fully saturated rings. The van der Waals surface area contributed by atoms with Crippen molar-refractivity contribution < 1.29 is 9.63 Å². The molecule has 0 radical (unpaired) electrons.